The number of benzene rings is 3. The first-order chi connectivity index (χ1) is 14.2. The largest absolute Gasteiger partial charge is 0.303 e. The highest BCUT2D eigenvalue weighted by atomic mass is 32.1. The molecule has 0 aliphatic carbocycles. The third-order valence-electron chi connectivity index (χ3n) is 4.79. The van der Waals surface area contributed by atoms with Gasteiger partial charge in [0.1, 0.15) is 6.29 Å². The van der Waals surface area contributed by atoms with Gasteiger partial charge in [0, 0.05) is 6.42 Å². The number of carbonyl (C=O) groups excluding carboxylic acids is 1. The summed E-state index contributed by atoms with van der Waals surface area (Å²) in [4.78, 5) is 10.6. The molecule has 0 atom stereocenters. The van der Waals surface area contributed by atoms with Crippen molar-refractivity contribution in [1.82, 2.24) is 20.2 Å². The van der Waals surface area contributed by atoms with Gasteiger partial charge in [0.2, 0.25) is 4.77 Å². The lowest BCUT2D eigenvalue weighted by Crippen LogP contribution is -1.98. The first-order valence-electron chi connectivity index (χ1n) is 9.40. The number of rotatable bonds is 7. The van der Waals surface area contributed by atoms with Crippen LogP contribution in [0.15, 0.2) is 72.8 Å². The highest BCUT2D eigenvalue weighted by Gasteiger charge is 2.04. The molecule has 0 aliphatic rings. The van der Waals surface area contributed by atoms with Crippen molar-refractivity contribution < 1.29 is 4.79 Å². The number of aromatic amines is 1. The zero-order valence-corrected chi connectivity index (χ0v) is 16.6. The molecule has 4 rings (SSSR count). The van der Waals surface area contributed by atoms with Gasteiger partial charge in [-0.15, -0.1) is 0 Å². The van der Waals surface area contributed by atoms with Crippen LogP contribution in [0.5, 0.6) is 0 Å². The molecule has 1 heterocycles. The van der Waals surface area contributed by atoms with E-state index in [1.54, 1.807) is 4.68 Å². The fourth-order valence-corrected chi connectivity index (χ4v) is 3.57. The lowest BCUT2D eigenvalue weighted by Gasteiger charge is -2.08. The third-order valence-corrected chi connectivity index (χ3v) is 5.05. The molecule has 0 amide bonds. The topological polar surface area (TPSA) is 63.6 Å². The molecular weight excluding hydrogens is 380 g/mol. The Bertz CT molecular complexity index is 1180. The second-order valence-electron chi connectivity index (χ2n) is 6.95. The Morgan fingerprint density at radius 1 is 0.828 bits per heavy atom. The monoisotopic (exact) mass is 400 g/mol. The van der Waals surface area contributed by atoms with Gasteiger partial charge >= 0.3 is 0 Å². The smallest absolute Gasteiger partial charge is 0.242 e. The van der Waals surface area contributed by atoms with Crippen molar-refractivity contribution in [2.24, 2.45) is 0 Å². The van der Waals surface area contributed by atoms with Crippen molar-refractivity contribution in [2.45, 2.75) is 19.3 Å². The van der Waals surface area contributed by atoms with Crippen LogP contribution >= 0.6 is 12.2 Å². The molecule has 4 aromatic rings. The first-order valence-corrected chi connectivity index (χ1v) is 9.81. The van der Waals surface area contributed by atoms with Gasteiger partial charge < -0.3 is 4.79 Å². The number of aromatic nitrogens is 4. The highest BCUT2D eigenvalue weighted by Crippen LogP contribution is 2.17. The van der Waals surface area contributed by atoms with E-state index in [2.05, 4.69) is 64.1 Å². The summed E-state index contributed by atoms with van der Waals surface area (Å²) in [7, 11) is 0. The number of hydrogen-bond donors (Lipinski definition) is 1. The van der Waals surface area contributed by atoms with Gasteiger partial charge in [0.15, 0.2) is 0 Å². The lowest BCUT2D eigenvalue weighted by atomic mass is 9.98. The van der Waals surface area contributed by atoms with Crippen molar-refractivity contribution in [2.75, 3.05) is 0 Å². The SMILES string of the molecule is O=CCc1ccc(Cc2cccc(Cc3cccc(-n4[nH]nnc4=S)c3)c2)cc1. The van der Waals surface area contributed by atoms with Gasteiger partial charge in [-0.1, -0.05) is 71.0 Å². The molecule has 1 N–H and O–H groups in total. The maximum atomic E-state index is 10.6. The summed E-state index contributed by atoms with van der Waals surface area (Å²) in [5.41, 5.74) is 6.91. The summed E-state index contributed by atoms with van der Waals surface area (Å²) in [6, 6.07) is 25.1. The average Bonchev–Trinajstić information content (AvgIpc) is 3.16. The highest BCUT2D eigenvalue weighted by molar-refractivity contribution is 7.71. The predicted octanol–water partition coefficient (Wildman–Crippen LogP) is 4.25. The zero-order valence-electron chi connectivity index (χ0n) is 15.8. The zero-order chi connectivity index (χ0) is 20.1. The van der Waals surface area contributed by atoms with Gasteiger partial charge in [-0.05, 0) is 65.0 Å². The molecule has 0 radical (unpaired) electrons. The molecule has 1 aromatic heterocycles. The second kappa shape index (κ2) is 8.75. The van der Waals surface area contributed by atoms with Crippen LogP contribution < -0.4 is 0 Å². The Balaban J connectivity index is 1.50. The molecule has 6 heteroatoms. The van der Waals surface area contributed by atoms with Crippen LogP contribution in [0, 0.1) is 4.77 Å². The van der Waals surface area contributed by atoms with Crippen molar-refractivity contribution in [3.05, 3.63) is 105 Å². The normalized spacial score (nSPS) is 10.8. The lowest BCUT2D eigenvalue weighted by molar-refractivity contribution is -0.107. The summed E-state index contributed by atoms with van der Waals surface area (Å²) in [6.07, 6.45) is 3.10. The molecule has 0 aliphatic heterocycles. The summed E-state index contributed by atoms with van der Waals surface area (Å²) in [5, 5.41) is 10.4. The molecule has 5 nitrogen and oxygen atoms in total. The minimum absolute atomic E-state index is 0.406. The standard InChI is InChI=1S/C23H20N4OS/c28-12-11-17-7-9-18(10-8-17)13-19-3-1-4-20(14-19)15-21-5-2-6-22(16-21)27-23(29)24-25-26-27/h1-10,12,14,16H,11,13,15H2,(H,24,26,29). The van der Waals surface area contributed by atoms with Crippen molar-refractivity contribution >= 4 is 18.5 Å². The molecule has 0 saturated heterocycles. The van der Waals surface area contributed by atoms with Crippen LogP contribution in [-0.2, 0) is 24.1 Å². The van der Waals surface area contributed by atoms with E-state index in [1.165, 1.54) is 22.3 Å². The van der Waals surface area contributed by atoms with Gasteiger partial charge in [-0.3, -0.25) is 0 Å². The van der Waals surface area contributed by atoms with Gasteiger partial charge in [-0.2, -0.15) is 5.21 Å². The van der Waals surface area contributed by atoms with E-state index >= 15 is 0 Å². The maximum Gasteiger partial charge on any atom is 0.242 e. The molecule has 0 saturated carbocycles. The second-order valence-corrected chi connectivity index (χ2v) is 7.31. The fraction of sp³-hybridized carbons (Fsp3) is 0.130. The molecule has 0 fully saturated rings. The van der Waals surface area contributed by atoms with E-state index in [0.29, 0.717) is 11.2 Å². The van der Waals surface area contributed by atoms with Crippen LogP contribution in [0.4, 0.5) is 0 Å². The number of aldehydes is 1. The Hall–Kier alpha value is -3.38. The minimum Gasteiger partial charge on any atom is -0.303 e. The van der Waals surface area contributed by atoms with Crippen LogP contribution in [0.3, 0.4) is 0 Å². The number of nitrogens with zero attached hydrogens (tertiary/aromatic N) is 3. The maximum absolute atomic E-state index is 10.6. The Morgan fingerprint density at radius 3 is 2.10 bits per heavy atom. The molecular formula is C23H20N4OS. The number of nitrogens with one attached hydrogen (secondary N) is 1. The molecule has 29 heavy (non-hydrogen) atoms. The van der Waals surface area contributed by atoms with Crippen molar-refractivity contribution in [1.29, 1.82) is 0 Å². The minimum atomic E-state index is 0.406. The van der Waals surface area contributed by atoms with E-state index in [1.807, 2.05) is 24.3 Å². The molecule has 144 valence electrons. The van der Waals surface area contributed by atoms with Crippen LogP contribution in [0.25, 0.3) is 5.69 Å². The van der Waals surface area contributed by atoms with Crippen LogP contribution in [-0.4, -0.2) is 26.5 Å². The van der Waals surface area contributed by atoms with Crippen molar-refractivity contribution in [3.8, 4) is 5.69 Å². The van der Waals surface area contributed by atoms with Gasteiger partial charge in [-0.25, -0.2) is 4.68 Å². The Labute approximate surface area is 174 Å². The number of carbonyl (C=O) groups is 1. The average molecular weight is 401 g/mol. The van der Waals surface area contributed by atoms with E-state index in [4.69, 9.17) is 12.2 Å². The molecule has 0 spiro atoms. The van der Waals surface area contributed by atoms with E-state index in [0.717, 1.165) is 30.4 Å². The quantitative estimate of drug-likeness (QED) is 0.372. The summed E-state index contributed by atoms with van der Waals surface area (Å²) >= 11 is 5.18. The van der Waals surface area contributed by atoms with Crippen molar-refractivity contribution in [3.63, 3.8) is 0 Å². The summed E-state index contributed by atoms with van der Waals surface area (Å²) in [6.45, 7) is 0. The van der Waals surface area contributed by atoms with E-state index < -0.39 is 0 Å². The first kappa shape index (κ1) is 19.0. The molecule has 0 unspecified atom stereocenters. The fourth-order valence-electron chi connectivity index (χ4n) is 3.38. The van der Waals surface area contributed by atoms with E-state index in [9.17, 15) is 4.79 Å². The number of tetrazole rings is 1. The Kier molecular flexibility index (Phi) is 5.72. The number of hydrogen-bond acceptors (Lipinski definition) is 4. The molecule has 0 bridgehead atoms. The third kappa shape index (κ3) is 4.73. The molecule has 3 aromatic carbocycles. The van der Waals surface area contributed by atoms with Gasteiger partial charge in [0.25, 0.3) is 0 Å². The number of H-pyrrole nitrogens is 1. The van der Waals surface area contributed by atoms with Crippen LogP contribution in [0.1, 0.15) is 27.8 Å². The van der Waals surface area contributed by atoms with E-state index in [-0.39, 0.29) is 0 Å². The van der Waals surface area contributed by atoms with Gasteiger partial charge in [0.05, 0.1) is 5.69 Å². The predicted molar refractivity (Wildman–Crippen MR) is 115 cm³/mol. The van der Waals surface area contributed by atoms with Crippen LogP contribution in [0.2, 0.25) is 0 Å². The summed E-state index contributed by atoms with van der Waals surface area (Å²) < 4.78 is 2.09. The Morgan fingerprint density at radius 2 is 1.45 bits per heavy atom. The summed E-state index contributed by atoms with van der Waals surface area (Å²) in [5.74, 6) is 0.